The summed E-state index contributed by atoms with van der Waals surface area (Å²) >= 11 is 0. The average molecular weight is 510 g/mol. The molecule has 1 aliphatic rings. The molecule has 37 heavy (non-hydrogen) atoms. The van der Waals surface area contributed by atoms with Crippen LogP contribution >= 0.6 is 0 Å². The highest BCUT2D eigenvalue weighted by Gasteiger charge is 2.37. The van der Waals surface area contributed by atoms with Crippen LogP contribution < -0.4 is 15.5 Å². The molecule has 0 unspecified atom stereocenters. The fourth-order valence-corrected chi connectivity index (χ4v) is 4.56. The van der Waals surface area contributed by atoms with Gasteiger partial charge in [0.15, 0.2) is 11.3 Å². The van der Waals surface area contributed by atoms with Crippen molar-refractivity contribution in [2.45, 2.75) is 13.1 Å². The largest absolute Gasteiger partial charge is 0.435 e. The fraction of sp³-hybridized carbons (Fsp3) is 0.269. The van der Waals surface area contributed by atoms with Crippen LogP contribution in [-0.2, 0) is 6.18 Å². The molecule has 3 heterocycles. The lowest BCUT2D eigenvalue weighted by Gasteiger charge is -2.35. The molecule has 0 radical (unpaired) electrons. The second kappa shape index (κ2) is 9.74. The number of nitrogens with one attached hydrogen (secondary N) is 3. The van der Waals surface area contributed by atoms with Gasteiger partial charge in [-0.3, -0.25) is 5.10 Å². The number of hydrogen-bond donors (Lipinski definition) is 3. The molecule has 192 valence electrons. The quantitative estimate of drug-likeness (QED) is 0.345. The summed E-state index contributed by atoms with van der Waals surface area (Å²) in [5.74, 6) is 0. The predicted molar refractivity (Wildman–Crippen MR) is 138 cm³/mol. The second-order valence-corrected chi connectivity index (χ2v) is 9.10. The lowest BCUT2D eigenvalue weighted by Crippen LogP contribution is -2.44. The number of rotatable bonds is 4. The summed E-state index contributed by atoms with van der Waals surface area (Å²) in [6.07, 6.45) is -3.19. The fourth-order valence-electron chi connectivity index (χ4n) is 4.56. The zero-order valence-corrected chi connectivity index (χ0v) is 20.4. The van der Waals surface area contributed by atoms with Crippen molar-refractivity contribution in [2.24, 2.45) is 0 Å². The highest BCUT2D eigenvalue weighted by molar-refractivity contribution is 6.00. The number of urea groups is 1. The Labute approximate surface area is 211 Å². The van der Waals surface area contributed by atoms with Gasteiger partial charge in [0, 0.05) is 49.4 Å². The molecule has 5 rings (SSSR count). The van der Waals surface area contributed by atoms with E-state index in [0.29, 0.717) is 22.5 Å². The number of carbonyl (C=O) groups is 1. The Morgan fingerprint density at radius 3 is 2.32 bits per heavy atom. The van der Waals surface area contributed by atoms with E-state index in [9.17, 15) is 18.0 Å². The van der Waals surface area contributed by atoms with Crippen LogP contribution in [0.15, 0.2) is 54.7 Å². The summed E-state index contributed by atoms with van der Waals surface area (Å²) in [6.45, 7) is 5.97. The monoisotopic (exact) mass is 509 g/mol. The van der Waals surface area contributed by atoms with Crippen LogP contribution in [0.25, 0.3) is 22.2 Å². The number of fused-ring (bicyclic) bond motifs is 1. The number of hydrogen-bond acceptors (Lipinski definition) is 5. The summed E-state index contributed by atoms with van der Waals surface area (Å²) in [7, 11) is 2.12. The first-order valence-corrected chi connectivity index (χ1v) is 11.8. The first-order chi connectivity index (χ1) is 17.7. The van der Waals surface area contributed by atoms with E-state index in [1.807, 2.05) is 25.1 Å². The molecule has 1 aliphatic heterocycles. The Kier molecular flexibility index (Phi) is 6.46. The first-order valence-electron chi connectivity index (χ1n) is 11.8. The first kappa shape index (κ1) is 24.6. The molecular formula is C26H26F3N7O. The molecular weight excluding hydrogens is 483 g/mol. The van der Waals surface area contributed by atoms with Gasteiger partial charge in [-0.05, 0) is 67.1 Å². The molecule has 0 bridgehead atoms. The minimum atomic E-state index is -4.61. The number of benzene rings is 2. The molecule has 0 aliphatic carbocycles. The van der Waals surface area contributed by atoms with Gasteiger partial charge >= 0.3 is 12.2 Å². The van der Waals surface area contributed by atoms with Gasteiger partial charge in [0.05, 0.1) is 5.39 Å². The molecule has 2 aromatic heterocycles. The zero-order valence-electron chi connectivity index (χ0n) is 20.4. The van der Waals surface area contributed by atoms with E-state index in [2.05, 4.69) is 42.7 Å². The molecule has 0 spiro atoms. The number of aryl methyl sites for hydroxylation is 1. The van der Waals surface area contributed by atoms with Gasteiger partial charge in [-0.2, -0.15) is 18.3 Å². The highest BCUT2D eigenvalue weighted by Crippen LogP contribution is 2.37. The van der Waals surface area contributed by atoms with Crippen LogP contribution in [-0.4, -0.2) is 59.3 Å². The van der Waals surface area contributed by atoms with E-state index in [4.69, 9.17) is 0 Å². The Morgan fingerprint density at radius 2 is 1.65 bits per heavy atom. The van der Waals surface area contributed by atoms with Gasteiger partial charge in [-0.25, -0.2) is 9.78 Å². The van der Waals surface area contributed by atoms with Crippen molar-refractivity contribution in [1.29, 1.82) is 0 Å². The molecule has 11 heteroatoms. The van der Waals surface area contributed by atoms with Gasteiger partial charge in [-0.1, -0.05) is 12.1 Å². The summed E-state index contributed by atoms with van der Waals surface area (Å²) in [5.41, 5.74) is 3.34. The molecule has 2 amide bonds. The number of H-pyrrole nitrogens is 1. The number of alkyl halides is 3. The number of nitrogens with zero attached hydrogens (tertiary/aromatic N) is 4. The molecule has 1 fully saturated rings. The van der Waals surface area contributed by atoms with E-state index in [1.165, 1.54) is 12.3 Å². The molecule has 2 aromatic carbocycles. The molecule has 0 saturated carbocycles. The third-order valence-corrected chi connectivity index (χ3v) is 6.48. The highest BCUT2D eigenvalue weighted by atomic mass is 19.4. The molecule has 1 saturated heterocycles. The van der Waals surface area contributed by atoms with Crippen LogP contribution in [0.3, 0.4) is 0 Å². The average Bonchev–Trinajstić information content (AvgIpc) is 3.31. The van der Waals surface area contributed by atoms with Crippen molar-refractivity contribution in [3.63, 3.8) is 0 Å². The van der Waals surface area contributed by atoms with Crippen LogP contribution in [0.2, 0.25) is 0 Å². The number of likely N-dealkylation sites (N-methyl/N-ethyl adjacent to an activating group) is 1. The van der Waals surface area contributed by atoms with Crippen molar-refractivity contribution in [2.75, 3.05) is 48.8 Å². The predicted octanol–water partition coefficient (Wildman–Crippen LogP) is 5.35. The number of aromatic nitrogens is 3. The lowest BCUT2D eigenvalue weighted by atomic mass is 10.0. The second-order valence-electron chi connectivity index (χ2n) is 9.10. The Morgan fingerprint density at radius 1 is 0.973 bits per heavy atom. The maximum atomic E-state index is 13.4. The molecule has 4 aromatic rings. The smallest absolute Gasteiger partial charge is 0.369 e. The van der Waals surface area contributed by atoms with Crippen molar-refractivity contribution < 1.29 is 18.0 Å². The van der Waals surface area contributed by atoms with E-state index in [-0.39, 0.29) is 11.0 Å². The summed E-state index contributed by atoms with van der Waals surface area (Å²) in [4.78, 5) is 21.2. The van der Waals surface area contributed by atoms with Crippen LogP contribution in [0, 0.1) is 6.92 Å². The van der Waals surface area contributed by atoms with Crippen LogP contribution in [0.5, 0.6) is 0 Å². The van der Waals surface area contributed by atoms with E-state index in [1.54, 1.807) is 24.3 Å². The molecule has 3 N–H and O–H groups in total. The summed E-state index contributed by atoms with van der Waals surface area (Å²) < 4.78 is 40.3. The third-order valence-electron chi connectivity index (χ3n) is 6.48. The minimum Gasteiger partial charge on any atom is -0.369 e. The Bertz CT molecular complexity index is 1420. The van der Waals surface area contributed by atoms with Crippen molar-refractivity contribution in [1.82, 2.24) is 20.1 Å². The van der Waals surface area contributed by atoms with Gasteiger partial charge in [0.25, 0.3) is 0 Å². The van der Waals surface area contributed by atoms with Gasteiger partial charge in [-0.15, -0.1) is 0 Å². The number of anilines is 3. The van der Waals surface area contributed by atoms with E-state index in [0.717, 1.165) is 37.4 Å². The summed E-state index contributed by atoms with van der Waals surface area (Å²) in [5, 5.41) is 11.3. The number of halogens is 3. The lowest BCUT2D eigenvalue weighted by molar-refractivity contribution is -0.139. The topological polar surface area (TPSA) is 89.2 Å². The van der Waals surface area contributed by atoms with Gasteiger partial charge in [0.2, 0.25) is 0 Å². The van der Waals surface area contributed by atoms with E-state index >= 15 is 0 Å². The van der Waals surface area contributed by atoms with Crippen LogP contribution in [0.1, 0.15) is 11.3 Å². The SMILES string of the molecule is Cc1cc(NC(=O)Nc2ccc(-c3ccnc4[nH]nc(C(F)(F)F)c34)cc2)ccc1N1CCN(C)CC1. The van der Waals surface area contributed by atoms with Crippen LogP contribution in [0.4, 0.5) is 35.0 Å². The van der Waals surface area contributed by atoms with Gasteiger partial charge < -0.3 is 20.4 Å². The van der Waals surface area contributed by atoms with E-state index < -0.39 is 17.9 Å². The Balaban J connectivity index is 1.27. The molecule has 0 atom stereocenters. The third kappa shape index (κ3) is 5.21. The Hall–Kier alpha value is -4.12. The molecule has 8 nitrogen and oxygen atoms in total. The zero-order chi connectivity index (χ0) is 26.2. The van der Waals surface area contributed by atoms with Crippen molar-refractivity contribution in [3.8, 4) is 11.1 Å². The number of aromatic amines is 1. The normalized spacial score (nSPS) is 14.7. The van der Waals surface area contributed by atoms with Crippen molar-refractivity contribution >= 4 is 34.1 Å². The van der Waals surface area contributed by atoms with Gasteiger partial charge in [0.1, 0.15) is 0 Å². The van der Waals surface area contributed by atoms with Crippen molar-refractivity contribution in [3.05, 3.63) is 66.0 Å². The standard InChI is InChI=1S/C26H26F3N7O/c1-16-15-19(7-8-21(16)36-13-11-35(2)12-14-36)32-25(37)31-18-5-3-17(4-6-18)20-9-10-30-24-22(20)23(33-34-24)26(27,28)29/h3-10,15H,11-14H2,1-2H3,(H,30,33,34)(H2,31,32,37). The number of amides is 2. The summed E-state index contributed by atoms with van der Waals surface area (Å²) in [6, 6.07) is 13.5. The maximum Gasteiger partial charge on any atom is 0.435 e. The minimum absolute atomic E-state index is 0.0559. The number of piperazine rings is 1. The maximum absolute atomic E-state index is 13.4. The number of pyridine rings is 1. The number of carbonyl (C=O) groups excluding carboxylic acids is 1.